The minimum atomic E-state index is -4.62. The van der Waals surface area contributed by atoms with E-state index in [0.717, 1.165) is 17.4 Å². The van der Waals surface area contributed by atoms with Crippen LogP contribution in [0.1, 0.15) is 5.69 Å². The van der Waals surface area contributed by atoms with Gasteiger partial charge in [-0.25, -0.2) is 14.4 Å². The van der Waals surface area contributed by atoms with Gasteiger partial charge in [0.2, 0.25) is 0 Å². The molecule has 0 atom stereocenters. The third-order valence-corrected chi connectivity index (χ3v) is 5.41. The Kier molecular flexibility index (Phi) is 4.00. The van der Waals surface area contributed by atoms with Crippen molar-refractivity contribution >= 4 is 32.7 Å². The summed E-state index contributed by atoms with van der Waals surface area (Å²) in [7, 11) is 0. The smallest absolute Gasteiger partial charge is 0.312 e. The van der Waals surface area contributed by atoms with Crippen molar-refractivity contribution in [1.29, 1.82) is 0 Å². The standard InChI is InChI=1S/C20H10F4N4OS/c21-11-3-1-10(2-4-11)17-25-14-7-8-16(20(22,23)24)27-18(14)28(17)12-5-6-13-15(9-12)30-19(29)26-13/h1-9H,(H,26,29). The summed E-state index contributed by atoms with van der Waals surface area (Å²) in [5, 5.41) is 0. The van der Waals surface area contributed by atoms with E-state index < -0.39 is 17.7 Å². The molecule has 0 aliphatic heterocycles. The zero-order valence-corrected chi connectivity index (χ0v) is 15.7. The summed E-state index contributed by atoms with van der Waals surface area (Å²) >= 11 is 0.985. The lowest BCUT2D eigenvalue weighted by Gasteiger charge is -2.10. The number of nitrogens with one attached hydrogen (secondary N) is 1. The number of imidazole rings is 1. The highest BCUT2D eigenvalue weighted by Gasteiger charge is 2.33. The molecule has 150 valence electrons. The van der Waals surface area contributed by atoms with Gasteiger partial charge in [-0.3, -0.25) is 9.36 Å². The van der Waals surface area contributed by atoms with Crippen LogP contribution in [-0.4, -0.2) is 19.5 Å². The Bertz CT molecular complexity index is 1460. The van der Waals surface area contributed by atoms with Gasteiger partial charge in [-0.15, -0.1) is 0 Å². The Morgan fingerprint density at radius 1 is 0.967 bits per heavy atom. The lowest BCUT2D eigenvalue weighted by molar-refractivity contribution is -0.141. The Balaban J connectivity index is 1.84. The maximum atomic E-state index is 13.4. The van der Waals surface area contributed by atoms with Gasteiger partial charge in [-0.05, 0) is 54.6 Å². The molecule has 0 bridgehead atoms. The molecule has 0 fully saturated rings. The maximum Gasteiger partial charge on any atom is 0.433 e. The van der Waals surface area contributed by atoms with Crippen molar-refractivity contribution in [3.63, 3.8) is 0 Å². The van der Waals surface area contributed by atoms with Gasteiger partial charge in [0.1, 0.15) is 22.9 Å². The van der Waals surface area contributed by atoms with Crippen LogP contribution in [0.15, 0.2) is 59.4 Å². The first-order valence-electron chi connectivity index (χ1n) is 8.65. The summed E-state index contributed by atoms with van der Waals surface area (Å²) in [5.41, 5.74) is 0.812. The second kappa shape index (κ2) is 6.49. The fourth-order valence-corrected chi connectivity index (χ4v) is 3.99. The number of thiazole rings is 1. The number of H-pyrrole nitrogens is 1. The Labute approximate surface area is 169 Å². The van der Waals surface area contributed by atoms with E-state index in [1.807, 2.05) is 0 Å². The summed E-state index contributed by atoms with van der Waals surface area (Å²) in [6, 6.07) is 12.6. The molecular weight excluding hydrogens is 420 g/mol. The normalized spacial score (nSPS) is 12.1. The predicted molar refractivity (Wildman–Crippen MR) is 105 cm³/mol. The van der Waals surface area contributed by atoms with Crippen molar-refractivity contribution in [2.24, 2.45) is 0 Å². The fourth-order valence-electron chi connectivity index (χ4n) is 3.23. The van der Waals surface area contributed by atoms with Crippen LogP contribution in [0.5, 0.6) is 0 Å². The molecule has 5 aromatic rings. The fraction of sp³-hybridized carbons (Fsp3) is 0.0500. The van der Waals surface area contributed by atoms with Crippen molar-refractivity contribution in [3.8, 4) is 17.1 Å². The van der Waals surface area contributed by atoms with E-state index in [9.17, 15) is 22.4 Å². The topological polar surface area (TPSA) is 63.6 Å². The number of benzene rings is 2. The molecule has 0 saturated heterocycles. The van der Waals surface area contributed by atoms with Crippen LogP contribution < -0.4 is 4.87 Å². The number of hydrogen-bond acceptors (Lipinski definition) is 4. The van der Waals surface area contributed by atoms with Gasteiger partial charge in [-0.2, -0.15) is 13.2 Å². The Morgan fingerprint density at radius 2 is 1.73 bits per heavy atom. The highest BCUT2D eigenvalue weighted by atomic mass is 32.1. The molecule has 0 radical (unpaired) electrons. The van der Waals surface area contributed by atoms with Crippen LogP contribution in [0.3, 0.4) is 0 Å². The quantitative estimate of drug-likeness (QED) is 0.394. The van der Waals surface area contributed by atoms with E-state index >= 15 is 0 Å². The first-order chi connectivity index (χ1) is 14.3. The molecule has 0 amide bonds. The number of nitrogens with zero attached hydrogens (tertiary/aromatic N) is 3. The summed E-state index contributed by atoms with van der Waals surface area (Å²) in [6.45, 7) is 0. The molecule has 10 heteroatoms. The van der Waals surface area contributed by atoms with Gasteiger partial charge in [0.15, 0.2) is 5.65 Å². The molecule has 2 aromatic carbocycles. The molecule has 5 rings (SSSR count). The van der Waals surface area contributed by atoms with Gasteiger partial charge < -0.3 is 4.98 Å². The van der Waals surface area contributed by atoms with E-state index in [2.05, 4.69) is 15.0 Å². The monoisotopic (exact) mass is 430 g/mol. The van der Waals surface area contributed by atoms with Crippen molar-refractivity contribution in [2.45, 2.75) is 6.18 Å². The predicted octanol–water partition coefficient (Wildman–Crippen LogP) is 5.15. The molecule has 5 nitrogen and oxygen atoms in total. The molecule has 3 heterocycles. The van der Waals surface area contributed by atoms with Crippen LogP contribution in [-0.2, 0) is 6.18 Å². The highest BCUT2D eigenvalue weighted by Crippen LogP contribution is 2.33. The zero-order chi connectivity index (χ0) is 21.0. The van der Waals surface area contributed by atoms with Crippen molar-refractivity contribution in [3.05, 3.63) is 75.8 Å². The highest BCUT2D eigenvalue weighted by molar-refractivity contribution is 7.16. The summed E-state index contributed by atoms with van der Waals surface area (Å²) < 4.78 is 55.3. The summed E-state index contributed by atoms with van der Waals surface area (Å²) in [6.07, 6.45) is -4.62. The SMILES string of the molecule is O=c1[nH]c2ccc(-n3c(-c4ccc(F)cc4)nc4ccc(C(F)(F)F)nc43)cc2s1. The Hall–Kier alpha value is -3.53. The molecule has 1 N–H and O–H groups in total. The minimum Gasteiger partial charge on any atom is -0.312 e. The number of alkyl halides is 3. The molecule has 0 aliphatic rings. The van der Waals surface area contributed by atoms with Gasteiger partial charge in [0.25, 0.3) is 0 Å². The number of rotatable bonds is 2. The number of pyridine rings is 1. The van der Waals surface area contributed by atoms with Crippen LogP contribution in [0.25, 0.3) is 38.5 Å². The first kappa shape index (κ1) is 18.5. The van der Waals surface area contributed by atoms with Gasteiger partial charge in [-0.1, -0.05) is 11.3 Å². The van der Waals surface area contributed by atoms with Crippen molar-refractivity contribution in [1.82, 2.24) is 19.5 Å². The number of fused-ring (bicyclic) bond motifs is 2. The van der Waals surface area contributed by atoms with Gasteiger partial charge in [0.05, 0.1) is 15.9 Å². The average molecular weight is 430 g/mol. The number of hydrogen-bond donors (Lipinski definition) is 1. The second-order valence-corrected chi connectivity index (χ2v) is 7.52. The molecule has 30 heavy (non-hydrogen) atoms. The van der Waals surface area contributed by atoms with Crippen molar-refractivity contribution in [2.75, 3.05) is 0 Å². The van der Waals surface area contributed by atoms with Crippen LogP contribution in [0, 0.1) is 5.82 Å². The third kappa shape index (κ3) is 3.05. The minimum absolute atomic E-state index is 0.00591. The van der Waals surface area contributed by atoms with E-state index in [1.165, 1.54) is 34.9 Å². The summed E-state index contributed by atoms with van der Waals surface area (Å²) in [5.74, 6) is -0.142. The van der Waals surface area contributed by atoms with E-state index in [4.69, 9.17) is 0 Å². The number of halogens is 4. The van der Waals surface area contributed by atoms with E-state index in [0.29, 0.717) is 27.3 Å². The van der Waals surface area contributed by atoms with E-state index in [1.54, 1.807) is 18.2 Å². The zero-order valence-electron chi connectivity index (χ0n) is 14.9. The Morgan fingerprint density at radius 3 is 2.47 bits per heavy atom. The number of aromatic nitrogens is 4. The van der Waals surface area contributed by atoms with Gasteiger partial charge in [0, 0.05) is 5.56 Å². The lowest BCUT2D eigenvalue weighted by atomic mass is 10.2. The first-order valence-corrected chi connectivity index (χ1v) is 9.47. The van der Waals surface area contributed by atoms with Gasteiger partial charge >= 0.3 is 11.0 Å². The van der Waals surface area contributed by atoms with Crippen LogP contribution in [0.4, 0.5) is 17.6 Å². The lowest BCUT2D eigenvalue weighted by Crippen LogP contribution is -2.08. The third-order valence-electron chi connectivity index (χ3n) is 4.56. The summed E-state index contributed by atoms with van der Waals surface area (Å²) in [4.78, 5) is 22.3. The largest absolute Gasteiger partial charge is 0.433 e. The van der Waals surface area contributed by atoms with Crippen LogP contribution in [0.2, 0.25) is 0 Å². The molecule has 0 aliphatic carbocycles. The van der Waals surface area contributed by atoms with Crippen LogP contribution >= 0.6 is 11.3 Å². The molecule has 0 unspecified atom stereocenters. The molecule has 0 spiro atoms. The number of aromatic amines is 1. The van der Waals surface area contributed by atoms with E-state index in [-0.39, 0.29) is 16.0 Å². The molecular formula is C20H10F4N4OS. The molecule has 0 saturated carbocycles. The van der Waals surface area contributed by atoms with Crippen molar-refractivity contribution < 1.29 is 17.6 Å². The second-order valence-electron chi connectivity index (χ2n) is 6.51. The maximum absolute atomic E-state index is 13.4. The average Bonchev–Trinajstić information content (AvgIpc) is 3.26. The molecule has 3 aromatic heterocycles.